The van der Waals surface area contributed by atoms with Gasteiger partial charge in [0, 0.05) is 11.7 Å². The first-order chi connectivity index (χ1) is 8.15. The Labute approximate surface area is 104 Å². The molecular weight excluding hydrogens is 210 g/mol. The van der Waals surface area contributed by atoms with Crippen LogP contribution in [0, 0.1) is 12.8 Å². The summed E-state index contributed by atoms with van der Waals surface area (Å²) in [5, 5.41) is 3.51. The minimum Gasteiger partial charge on any atom is -0.396 e. The molecule has 1 aliphatic carbocycles. The molecule has 0 bridgehead atoms. The van der Waals surface area contributed by atoms with Crippen LogP contribution in [0.15, 0.2) is 12.1 Å². The summed E-state index contributed by atoms with van der Waals surface area (Å²) in [7, 11) is 0. The zero-order valence-electron chi connectivity index (χ0n) is 10.9. The fourth-order valence-electron chi connectivity index (χ4n) is 2.51. The summed E-state index contributed by atoms with van der Waals surface area (Å²) < 4.78 is 0. The Kier molecular flexibility index (Phi) is 3.87. The minimum atomic E-state index is 0.538. The van der Waals surface area contributed by atoms with Gasteiger partial charge in [0.2, 0.25) is 0 Å². The lowest BCUT2D eigenvalue weighted by atomic mass is 10.0. The quantitative estimate of drug-likeness (QED) is 0.770. The lowest BCUT2D eigenvalue weighted by molar-refractivity contribution is 0.502. The highest BCUT2D eigenvalue weighted by Gasteiger charge is 2.17. The molecule has 3 heteroatoms. The topological polar surface area (TPSA) is 50.9 Å². The van der Waals surface area contributed by atoms with Gasteiger partial charge < -0.3 is 11.1 Å². The molecule has 1 saturated carbocycles. The van der Waals surface area contributed by atoms with Crippen LogP contribution in [0.2, 0.25) is 0 Å². The third kappa shape index (κ3) is 3.35. The lowest BCUT2D eigenvalue weighted by Crippen LogP contribution is -2.20. The van der Waals surface area contributed by atoms with Crippen LogP contribution in [0.1, 0.15) is 44.7 Å². The molecule has 0 aromatic carbocycles. The van der Waals surface area contributed by atoms with Gasteiger partial charge in [-0.1, -0.05) is 19.8 Å². The molecule has 3 nitrogen and oxygen atoms in total. The molecule has 17 heavy (non-hydrogen) atoms. The van der Waals surface area contributed by atoms with Gasteiger partial charge in [-0.3, -0.25) is 0 Å². The van der Waals surface area contributed by atoms with E-state index in [1.807, 2.05) is 19.1 Å². The van der Waals surface area contributed by atoms with Crippen molar-refractivity contribution in [1.82, 2.24) is 4.98 Å². The average Bonchev–Trinajstić information content (AvgIpc) is 2.49. The van der Waals surface area contributed by atoms with Crippen LogP contribution in [0.25, 0.3) is 0 Å². The molecule has 0 amide bonds. The van der Waals surface area contributed by atoms with Crippen LogP contribution in [-0.2, 0) is 0 Å². The van der Waals surface area contributed by atoms with Gasteiger partial charge in [-0.25, -0.2) is 4.98 Å². The summed E-state index contributed by atoms with van der Waals surface area (Å²) in [6.45, 7) is 4.35. The molecule has 1 heterocycles. The zero-order chi connectivity index (χ0) is 12.3. The van der Waals surface area contributed by atoms with Gasteiger partial charge in [-0.05, 0) is 44.2 Å². The van der Waals surface area contributed by atoms with E-state index >= 15 is 0 Å². The molecule has 2 rings (SSSR count). The highest BCUT2D eigenvalue weighted by atomic mass is 15.0. The lowest BCUT2D eigenvalue weighted by Gasteiger charge is -2.18. The van der Waals surface area contributed by atoms with Crippen LogP contribution < -0.4 is 11.1 Å². The number of aromatic nitrogens is 1. The summed E-state index contributed by atoms with van der Waals surface area (Å²) in [5.41, 5.74) is 7.72. The van der Waals surface area contributed by atoms with Gasteiger partial charge in [-0.2, -0.15) is 0 Å². The van der Waals surface area contributed by atoms with Gasteiger partial charge in [0.15, 0.2) is 0 Å². The van der Waals surface area contributed by atoms with Gasteiger partial charge in [-0.15, -0.1) is 0 Å². The van der Waals surface area contributed by atoms with E-state index in [1.165, 1.54) is 32.1 Å². The van der Waals surface area contributed by atoms with E-state index in [-0.39, 0.29) is 0 Å². The molecule has 94 valence electrons. The Balaban J connectivity index is 2.02. The fraction of sp³-hybridized carbons (Fsp3) is 0.643. The summed E-state index contributed by atoms with van der Waals surface area (Å²) in [6.07, 6.45) is 6.44. The zero-order valence-corrected chi connectivity index (χ0v) is 10.9. The number of rotatable bonds is 2. The molecule has 3 N–H and O–H groups in total. The van der Waals surface area contributed by atoms with Gasteiger partial charge in [0.1, 0.15) is 5.82 Å². The minimum absolute atomic E-state index is 0.538. The molecular formula is C14H23N3. The van der Waals surface area contributed by atoms with E-state index < -0.39 is 0 Å². The second-order valence-electron chi connectivity index (χ2n) is 5.35. The Morgan fingerprint density at radius 2 is 2.06 bits per heavy atom. The van der Waals surface area contributed by atoms with Crippen molar-refractivity contribution in [2.45, 2.75) is 52.0 Å². The maximum Gasteiger partial charge on any atom is 0.149 e. The number of anilines is 2. The SMILES string of the molecule is Cc1ccc(N)c(NC2CCCC(C)CC2)n1. The molecule has 0 spiro atoms. The number of aryl methyl sites for hydroxylation is 1. The Bertz CT molecular complexity index is 376. The number of nitrogens with two attached hydrogens (primary N) is 1. The van der Waals surface area contributed by atoms with Crippen molar-refractivity contribution in [2.24, 2.45) is 5.92 Å². The summed E-state index contributed by atoms with van der Waals surface area (Å²) >= 11 is 0. The fourth-order valence-corrected chi connectivity index (χ4v) is 2.51. The highest BCUT2D eigenvalue weighted by molar-refractivity contribution is 5.61. The number of nitrogen functional groups attached to an aromatic ring is 1. The monoisotopic (exact) mass is 233 g/mol. The molecule has 1 aromatic rings. The van der Waals surface area contributed by atoms with E-state index in [1.54, 1.807) is 0 Å². The van der Waals surface area contributed by atoms with E-state index in [2.05, 4.69) is 17.2 Å². The number of nitrogens with zero attached hydrogens (tertiary/aromatic N) is 1. The summed E-state index contributed by atoms with van der Waals surface area (Å²) in [5.74, 6) is 1.73. The molecule has 1 aromatic heterocycles. The summed E-state index contributed by atoms with van der Waals surface area (Å²) in [4.78, 5) is 4.48. The third-order valence-corrected chi connectivity index (χ3v) is 3.66. The molecule has 1 aliphatic rings. The number of pyridine rings is 1. The largest absolute Gasteiger partial charge is 0.396 e. The van der Waals surface area contributed by atoms with Gasteiger partial charge in [0.05, 0.1) is 5.69 Å². The first kappa shape index (κ1) is 12.2. The Hall–Kier alpha value is -1.25. The average molecular weight is 233 g/mol. The van der Waals surface area contributed by atoms with E-state index in [9.17, 15) is 0 Å². The number of nitrogens with one attached hydrogen (secondary N) is 1. The molecule has 2 unspecified atom stereocenters. The van der Waals surface area contributed by atoms with Crippen LogP contribution in [0.5, 0.6) is 0 Å². The normalized spacial score (nSPS) is 25.3. The van der Waals surface area contributed by atoms with Crippen molar-refractivity contribution in [2.75, 3.05) is 11.1 Å². The first-order valence-electron chi connectivity index (χ1n) is 6.65. The molecule has 0 saturated heterocycles. The van der Waals surface area contributed by atoms with E-state index in [0.717, 1.165) is 23.1 Å². The predicted octanol–water partition coefficient (Wildman–Crippen LogP) is 3.35. The second kappa shape index (κ2) is 5.39. The molecule has 2 atom stereocenters. The van der Waals surface area contributed by atoms with Crippen LogP contribution >= 0.6 is 0 Å². The van der Waals surface area contributed by atoms with Gasteiger partial charge >= 0.3 is 0 Å². The smallest absolute Gasteiger partial charge is 0.149 e. The standard InChI is InChI=1S/C14H23N3/c1-10-4-3-5-12(8-6-10)17-14-13(15)9-7-11(2)16-14/h7,9-10,12H,3-6,8,15H2,1-2H3,(H,16,17). The molecule has 1 fully saturated rings. The number of hydrogen-bond donors (Lipinski definition) is 2. The van der Waals surface area contributed by atoms with Crippen molar-refractivity contribution >= 4 is 11.5 Å². The first-order valence-corrected chi connectivity index (χ1v) is 6.65. The van der Waals surface area contributed by atoms with E-state index in [4.69, 9.17) is 5.73 Å². The third-order valence-electron chi connectivity index (χ3n) is 3.66. The van der Waals surface area contributed by atoms with Crippen molar-refractivity contribution < 1.29 is 0 Å². The summed E-state index contributed by atoms with van der Waals surface area (Å²) in [6, 6.07) is 4.43. The Morgan fingerprint density at radius 3 is 2.88 bits per heavy atom. The van der Waals surface area contributed by atoms with Crippen molar-refractivity contribution in [3.8, 4) is 0 Å². The molecule has 0 radical (unpaired) electrons. The van der Waals surface area contributed by atoms with Crippen LogP contribution in [0.3, 0.4) is 0 Å². The van der Waals surface area contributed by atoms with Crippen LogP contribution in [0.4, 0.5) is 11.5 Å². The van der Waals surface area contributed by atoms with Crippen LogP contribution in [-0.4, -0.2) is 11.0 Å². The highest BCUT2D eigenvalue weighted by Crippen LogP contribution is 2.26. The van der Waals surface area contributed by atoms with Gasteiger partial charge in [0.25, 0.3) is 0 Å². The van der Waals surface area contributed by atoms with E-state index in [0.29, 0.717) is 6.04 Å². The van der Waals surface area contributed by atoms with Crippen molar-refractivity contribution in [1.29, 1.82) is 0 Å². The maximum absolute atomic E-state index is 5.95. The Morgan fingerprint density at radius 1 is 1.24 bits per heavy atom. The predicted molar refractivity (Wildman–Crippen MR) is 73.0 cm³/mol. The molecule has 0 aliphatic heterocycles. The maximum atomic E-state index is 5.95. The van der Waals surface area contributed by atoms with Crippen molar-refractivity contribution in [3.63, 3.8) is 0 Å². The second-order valence-corrected chi connectivity index (χ2v) is 5.35. The van der Waals surface area contributed by atoms with Crippen molar-refractivity contribution in [3.05, 3.63) is 17.8 Å². The number of hydrogen-bond acceptors (Lipinski definition) is 3.